The van der Waals surface area contributed by atoms with E-state index in [4.69, 9.17) is 4.74 Å². The molecule has 8 nitrogen and oxygen atoms in total. The van der Waals surface area contributed by atoms with Crippen molar-refractivity contribution in [3.63, 3.8) is 0 Å². The zero-order valence-corrected chi connectivity index (χ0v) is 14.7. The predicted octanol–water partition coefficient (Wildman–Crippen LogP) is 1.53. The van der Waals surface area contributed by atoms with Gasteiger partial charge >= 0.3 is 0 Å². The Labute approximate surface area is 146 Å². The molecule has 3 heterocycles. The number of hydrogen-bond acceptors (Lipinski definition) is 7. The number of nitrogens with one attached hydrogen (secondary N) is 1. The van der Waals surface area contributed by atoms with E-state index in [0.717, 1.165) is 31.7 Å². The fourth-order valence-electron chi connectivity index (χ4n) is 2.99. The Bertz CT molecular complexity index is 755. The minimum Gasteiger partial charge on any atom is -0.478 e. The van der Waals surface area contributed by atoms with Gasteiger partial charge in [-0.3, -0.25) is 4.79 Å². The summed E-state index contributed by atoms with van der Waals surface area (Å²) in [4.78, 5) is 27.1. The number of piperidine rings is 1. The number of aromatic nitrogens is 4. The summed E-state index contributed by atoms with van der Waals surface area (Å²) in [5, 5.41) is 3.43. The largest absolute Gasteiger partial charge is 0.478 e. The Morgan fingerprint density at radius 3 is 2.76 bits per heavy atom. The van der Waals surface area contributed by atoms with Crippen LogP contribution in [-0.2, 0) is 6.54 Å². The summed E-state index contributed by atoms with van der Waals surface area (Å²) in [6.45, 7) is 6.69. The van der Waals surface area contributed by atoms with Crippen molar-refractivity contribution >= 4 is 11.6 Å². The van der Waals surface area contributed by atoms with E-state index in [0.29, 0.717) is 30.9 Å². The normalized spacial score (nSPS) is 15.2. The first-order valence-electron chi connectivity index (χ1n) is 8.73. The van der Waals surface area contributed by atoms with E-state index in [1.165, 1.54) is 6.33 Å². The molecule has 2 aromatic rings. The molecular formula is C17H24N6O2. The lowest BCUT2D eigenvalue weighted by molar-refractivity contribution is 0.326. The molecule has 134 valence electrons. The van der Waals surface area contributed by atoms with Crippen LogP contribution < -0.4 is 20.5 Å². The topological polar surface area (TPSA) is 85.2 Å². The van der Waals surface area contributed by atoms with Gasteiger partial charge < -0.3 is 19.5 Å². The molecule has 1 aliphatic rings. The molecule has 1 N–H and O–H groups in total. The van der Waals surface area contributed by atoms with Gasteiger partial charge in [0.05, 0.1) is 6.61 Å². The second-order valence-electron chi connectivity index (χ2n) is 5.92. The number of aryl methyl sites for hydroxylation is 1. The highest BCUT2D eigenvalue weighted by molar-refractivity contribution is 5.40. The minimum atomic E-state index is -0.0198. The van der Waals surface area contributed by atoms with Crippen molar-refractivity contribution in [1.29, 1.82) is 0 Å². The quantitative estimate of drug-likeness (QED) is 0.850. The summed E-state index contributed by atoms with van der Waals surface area (Å²) in [6.07, 6.45) is 6.75. The van der Waals surface area contributed by atoms with Gasteiger partial charge in [0, 0.05) is 44.1 Å². The van der Waals surface area contributed by atoms with Gasteiger partial charge in [-0.15, -0.1) is 0 Å². The molecule has 2 aromatic heterocycles. The van der Waals surface area contributed by atoms with Gasteiger partial charge in [0.15, 0.2) is 5.82 Å². The van der Waals surface area contributed by atoms with Crippen LogP contribution in [0, 0.1) is 0 Å². The van der Waals surface area contributed by atoms with E-state index < -0.39 is 0 Å². The molecule has 0 atom stereocenters. The van der Waals surface area contributed by atoms with E-state index >= 15 is 0 Å². The van der Waals surface area contributed by atoms with Crippen LogP contribution in [0.5, 0.6) is 5.88 Å². The summed E-state index contributed by atoms with van der Waals surface area (Å²) in [7, 11) is 0. The zero-order valence-electron chi connectivity index (χ0n) is 14.7. The van der Waals surface area contributed by atoms with Crippen LogP contribution >= 0.6 is 0 Å². The Balaban J connectivity index is 1.61. The van der Waals surface area contributed by atoms with Gasteiger partial charge in [0.25, 0.3) is 5.56 Å². The Kier molecular flexibility index (Phi) is 5.47. The van der Waals surface area contributed by atoms with Gasteiger partial charge in [0.2, 0.25) is 5.88 Å². The summed E-state index contributed by atoms with van der Waals surface area (Å²) < 4.78 is 7.08. The predicted molar refractivity (Wildman–Crippen MR) is 96.2 cm³/mol. The van der Waals surface area contributed by atoms with Crippen molar-refractivity contribution in [2.75, 3.05) is 29.9 Å². The second kappa shape index (κ2) is 7.96. The molecule has 0 amide bonds. The highest BCUT2D eigenvalue weighted by Gasteiger charge is 2.22. The number of ether oxygens (including phenoxy) is 1. The average molecular weight is 344 g/mol. The van der Waals surface area contributed by atoms with Crippen molar-refractivity contribution in [2.24, 2.45) is 0 Å². The number of hydrogen-bond donors (Lipinski definition) is 1. The molecule has 0 saturated carbocycles. The van der Waals surface area contributed by atoms with Crippen LogP contribution in [0.15, 0.2) is 29.6 Å². The van der Waals surface area contributed by atoms with Crippen molar-refractivity contribution in [3.05, 3.63) is 35.1 Å². The van der Waals surface area contributed by atoms with Crippen LogP contribution in [0.2, 0.25) is 0 Å². The van der Waals surface area contributed by atoms with E-state index in [1.54, 1.807) is 17.0 Å². The summed E-state index contributed by atoms with van der Waals surface area (Å²) >= 11 is 0. The van der Waals surface area contributed by atoms with E-state index in [1.807, 2.05) is 19.9 Å². The van der Waals surface area contributed by atoms with E-state index in [2.05, 4.69) is 25.2 Å². The maximum Gasteiger partial charge on any atom is 0.293 e. The van der Waals surface area contributed by atoms with Gasteiger partial charge in [-0.2, -0.15) is 0 Å². The lowest BCUT2D eigenvalue weighted by Crippen LogP contribution is -2.42. The molecule has 25 heavy (non-hydrogen) atoms. The highest BCUT2D eigenvalue weighted by Crippen LogP contribution is 2.19. The Hall–Kier alpha value is -2.64. The van der Waals surface area contributed by atoms with Crippen molar-refractivity contribution < 1.29 is 4.74 Å². The van der Waals surface area contributed by atoms with Gasteiger partial charge in [-0.1, -0.05) is 0 Å². The zero-order chi connectivity index (χ0) is 17.6. The minimum absolute atomic E-state index is 0.0198. The third-order valence-electron chi connectivity index (χ3n) is 4.32. The second-order valence-corrected chi connectivity index (χ2v) is 5.92. The van der Waals surface area contributed by atoms with Gasteiger partial charge in [-0.05, 0) is 26.7 Å². The SMILES string of the molecule is CCOc1cc(NC2CCN(c3nccn(CC)c3=O)CC2)ncn1. The first kappa shape index (κ1) is 17.2. The third-order valence-corrected chi connectivity index (χ3v) is 4.32. The molecule has 8 heteroatoms. The molecule has 0 spiro atoms. The number of rotatable bonds is 6. The van der Waals surface area contributed by atoms with Crippen LogP contribution in [0.1, 0.15) is 26.7 Å². The molecule has 1 aliphatic heterocycles. The first-order chi connectivity index (χ1) is 12.2. The fraction of sp³-hybridized carbons (Fsp3) is 0.529. The smallest absolute Gasteiger partial charge is 0.293 e. The average Bonchev–Trinajstić information content (AvgIpc) is 2.63. The van der Waals surface area contributed by atoms with Crippen LogP contribution in [-0.4, -0.2) is 45.3 Å². The molecule has 0 aliphatic carbocycles. The van der Waals surface area contributed by atoms with Gasteiger partial charge in [-0.25, -0.2) is 15.0 Å². The monoisotopic (exact) mass is 344 g/mol. The van der Waals surface area contributed by atoms with Crippen LogP contribution in [0.4, 0.5) is 11.6 Å². The lowest BCUT2D eigenvalue weighted by atomic mass is 10.1. The van der Waals surface area contributed by atoms with Crippen LogP contribution in [0.3, 0.4) is 0 Å². The fourth-order valence-corrected chi connectivity index (χ4v) is 2.99. The molecule has 0 bridgehead atoms. The standard InChI is InChI=1S/C17H24N6O2/c1-3-22-10-7-18-16(17(22)24)23-8-5-13(6-9-23)21-14-11-15(25-4-2)20-12-19-14/h7,10-13H,3-6,8-9H2,1-2H3,(H,19,20,21). The van der Waals surface area contributed by atoms with Crippen LogP contribution in [0.25, 0.3) is 0 Å². The molecule has 0 radical (unpaired) electrons. The third kappa shape index (κ3) is 4.07. The van der Waals surface area contributed by atoms with E-state index in [-0.39, 0.29) is 5.56 Å². The lowest BCUT2D eigenvalue weighted by Gasteiger charge is -2.33. The molecule has 1 fully saturated rings. The molecule has 0 unspecified atom stereocenters. The Morgan fingerprint density at radius 2 is 2.04 bits per heavy atom. The summed E-state index contributed by atoms with van der Waals surface area (Å²) in [5.74, 6) is 1.89. The molecule has 1 saturated heterocycles. The highest BCUT2D eigenvalue weighted by atomic mass is 16.5. The summed E-state index contributed by atoms with van der Waals surface area (Å²) in [6, 6.07) is 2.12. The molecular weight excluding hydrogens is 320 g/mol. The maximum absolute atomic E-state index is 12.4. The summed E-state index contributed by atoms with van der Waals surface area (Å²) in [5.41, 5.74) is -0.0198. The van der Waals surface area contributed by atoms with Crippen molar-refractivity contribution in [1.82, 2.24) is 19.5 Å². The number of nitrogens with zero attached hydrogens (tertiary/aromatic N) is 5. The van der Waals surface area contributed by atoms with Gasteiger partial charge in [0.1, 0.15) is 12.1 Å². The Morgan fingerprint density at radius 1 is 1.24 bits per heavy atom. The van der Waals surface area contributed by atoms with E-state index in [9.17, 15) is 4.79 Å². The molecule has 3 rings (SSSR count). The maximum atomic E-state index is 12.4. The first-order valence-corrected chi connectivity index (χ1v) is 8.73. The van der Waals surface area contributed by atoms with Crippen molar-refractivity contribution in [3.8, 4) is 5.88 Å². The number of anilines is 2. The molecule has 0 aromatic carbocycles. The van der Waals surface area contributed by atoms with Crippen molar-refractivity contribution in [2.45, 2.75) is 39.3 Å².